The van der Waals surface area contributed by atoms with E-state index in [2.05, 4.69) is 0 Å². The molecule has 0 radical (unpaired) electrons. The van der Waals surface area contributed by atoms with Gasteiger partial charge in [-0.2, -0.15) is 0 Å². The van der Waals surface area contributed by atoms with Crippen LogP contribution >= 0.6 is 0 Å². The number of carbonyl (C=O) groups is 3. The van der Waals surface area contributed by atoms with Crippen LogP contribution in [0.2, 0.25) is 0 Å². The number of carbonyl (C=O) groups excluding carboxylic acids is 2. The number of amides is 2. The Kier molecular flexibility index (Phi) is 5.29. The zero-order valence-corrected chi connectivity index (χ0v) is 14.1. The number of ether oxygens (including phenoxy) is 1. The minimum absolute atomic E-state index is 0.00334. The first-order valence-corrected chi connectivity index (χ1v) is 8.12. The van der Waals surface area contributed by atoms with E-state index < -0.39 is 18.1 Å². The molecule has 1 N–H and O–H groups in total. The number of rotatable bonds is 3. The lowest BCUT2D eigenvalue weighted by Crippen LogP contribution is -2.54. The smallest absolute Gasteiger partial charge is 0.334 e. The third-order valence-corrected chi connectivity index (χ3v) is 4.19. The van der Waals surface area contributed by atoms with Crippen molar-refractivity contribution in [2.24, 2.45) is 5.41 Å². The van der Waals surface area contributed by atoms with Gasteiger partial charge in [-0.1, -0.05) is 20.8 Å². The van der Waals surface area contributed by atoms with Crippen molar-refractivity contribution < 1.29 is 24.2 Å². The normalized spacial score (nSPS) is 25.5. The quantitative estimate of drug-likeness (QED) is 0.826. The zero-order valence-electron chi connectivity index (χ0n) is 14.1. The van der Waals surface area contributed by atoms with E-state index in [1.807, 2.05) is 20.8 Å². The molecule has 0 aromatic rings. The summed E-state index contributed by atoms with van der Waals surface area (Å²) in [6, 6.07) is -0.461. The fourth-order valence-corrected chi connectivity index (χ4v) is 3.09. The molecule has 2 heterocycles. The lowest BCUT2D eigenvalue weighted by Gasteiger charge is -2.35. The van der Waals surface area contributed by atoms with Crippen LogP contribution in [0.3, 0.4) is 0 Å². The Balaban J connectivity index is 2.02. The maximum atomic E-state index is 12.7. The van der Waals surface area contributed by atoms with Gasteiger partial charge in [-0.25, -0.2) is 4.79 Å². The average Bonchev–Trinajstić information content (AvgIpc) is 2.94. The van der Waals surface area contributed by atoms with E-state index in [-0.39, 0.29) is 30.4 Å². The predicted molar refractivity (Wildman–Crippen MR) is 82.8 cm³/mol. The highest BCUT2D eigenvalue weighted by atomic mass is 16.5. The van der Waals surface area contributed by atoms with Crippen molar-refractivity contribution >= 4 is 17.8 Å². The first-order valence-electron chi connectivity index (χ1n) is 8.12. The minimum atomic E-state index is -1.06. The SMILES string of the molecule is CC(C)(C)CC(=O)N1CCCC1C(=O)N1CCOC(C(=O)O)C1. The molecular weight excluding hydrogens is 300 g/mol. The summed E-state index contributed by atoms with van der Waals surface area (Å²) in [5.41, 5.74) is -0.124. The van der Waals surface area contributed by atoms with E-state index >= 15 is 0 Å². The number of morpholine rings is 1. The van der Waals surface area contributed by atoms with Gasteiger partial charge in [0.1, 0.15) is 6.04 Å². The van der Waals surface area contributed by atoms with Crippen molar-refractivity contribution in [1.29, 1.82) is 0 Å². The van der Waals surface area contributed by atoms with Crippen LogP contribution in [0.15, 0.2) is 0 Å². The molecule has 0 saturated carbocycles. The van der Waals surface area contributed by atoms with Crippen LogP contribution in [-0.2, 0) is 19.1 Å². The molecule has 23 heavy (non-hydrogen) atoms. The summed E-state index contributed by atoms with van der Waals surface area (Å²) in [6.07, 6.45) is 0.869. The molecular formula is C16H26N2O5. The molecule has 2 saturated heterocycles. The van der Waals surface area contributed by atoms with Gasteiger partial charge in [-0.3, -0.25) is 9.59 Å². The number of hydrogen-bond donors (Lipinski definition) is 1. The topological polar surface area (TPSA) is 87.2 Å². The van der Waals surface area contributed by atoms with Crippen molar-refractivity contribution in [3.05, 3.63) is 0 Å². The van der Waals surface area contributed by atoms with E-state index in [0.717, 1.165) is 6.42 Å². The second kappa shape index (κ2) is 6.86. The van der Waals surface area contributed by atoms with Crippen LogP contribution in [-0.4, -0.2) is 71.1 Å². The number of carboxylic acid groups (broad SMARTS) is 1. The Morgan fingerprint density at radius 2 is 1.91 bits per heavy atom. The maximum absolute atomic E-state index is 12.7. The van der Waals surface area contributed by atoms with Crippen molar-refractivity contribution in [2.45, 2.75) is 52.2 Å². The molecule has 130 valence electrons. The molecule has 2 amide bonds. The number of hydrogen-bond acceptors (Lipinski definition) is 4. The van der Waals surface area contributed by atoms with Gasteiger partial charge >= 0.3 is 5.97 Å². The first-order chi connectivity index (χ1) is 10.7. The lowest BCUT2D eigenvalue weighted by atomic mass is 9.91. The molecule has 2 atom stereocenters. The van der Waals surface area contributed by atoms with Gasteiger partial charge in [0.15, 0.2) is 6.10 Å². The Labute approximate surface area is 136 Å². The fourth-order valence-electron chi connectivity index (χ4n) is 3.09. The zero-order chi connectivity index (χ0) is 17.2. The highest BCUT2D eigenvalue weighted by Crippen LogP contribution is 2.26. The van der Waals surface area contributed by atoms with E-state index in [0.29, 0.717) is 25.9 Å². The fraction of sp³-hybridized carbons (Fsp3) is 0.812. The molecule has 0 aromatic heterocycles. The van der Waals surface area contributed by atoms with Crippen LogP contribution in [0.25, 0.3) is 0 Å². The molecule has 2 unspecified atom stereocenters. The summed E-state index contributed by atoms with van der Waals surface area (Å²) in [6.45, 7) is 7.22. The molecule has 7 nitrogen and oxygen atoms in total. The second-order valence-corrected chi connectivity index (χ2v) is 7.46. The summed E-state index contributed by atoms with van der Waals surface area (Å²) in [7, 11) is 0. The molecule has 2 rings (SSSR count). The number of nitrogens with zero attached hydrogens (tertiary/aromatic N) is 2. The van der Waals surface area contributed by atoms with Crippen LogP contribution in [0.5, 0.6) is 0 Å². The van der Waals surface area contributed by atoms with E-state index in [1.165, 1.54) is 4.90 Å². The van der Waals surface area contributed by atoms with Gasteiger partial charge in [0.2, 0.25) is 11.8 Å². The Morgan fingerprint density at radius 1 is 1.22 bits per heavy atom. The van der Waals surface area contributed by atoms with Gasteiger partial charge < -0.3 is 19.6 Å². The Hall–Kier alpha value is -1.63. The van der Waals surface area contributed by atoms with Crippen molar-refractivity contribution in [3.8, 4) is 0 Å². The average molecular weight is 326 g/mol. The molecule has 0 bridgehead atoms. The Bertz CT molecular complexity index is 485. The van der Waals surface area contributed by atoms with E-state index in [9.17, 15) is 14.4 Å². The standard InChI is InChI=1S/C16H26N2O5/c1-16(2,3)9-13(19)18-6-4-5-11(18)14(20)17-7-8-23-12(10-17)15(21)22/h11-12H,4-10H2,1-3H3,(H,21,22). The minimum Gasteiger partial charge on any atom is -0.479 e. The number of carboxylic acids is 1. The number of aliphatic carboxylic acids is 1. The third kappa shape index (κ3) is 4.43. The molecule has 2 aliphatic rings. The van der Waals surface area contributed by atoms with Gasteiger partial charge in [-0.05, 0) is 18.3 Å². The second-order valence-electron chi connectivity index (χ2n) is 7.46. The molecule has 0 spiro atoms. The largest absolute Gasteiger partial charge is 0.479 e. The van der Waals surface area contributed by atoms with Crippen molar-refractivity contribution in [2.75, 3.05) is 26.2 Å². The van der Waals surface area contributed by atoms with Crippen LogP contribution in [0.4, 0.5) is 0 Å². The summed E-state index contributed by atoms with van der Waals surface area (Å²) < 4.78 is 5.15. The van der Waals surface area contributed by atoms with Crippen molar-refractivity contribution in [1.82, 2.24) is 9.80 Å². The van der Waals surface area contributed by atoms with Crippen LogP contribution in [0.1, 0.15) is 40.0 Å². The summed E-state index contributed by atoms with van der Waals surface area (Å²) in [5, 5.41) is 9.04. The molecule has 2 fully saturated rings. The van der Waals surface area contributed by atoms with Gasteiger partial charge in [0.05, 0.1) is 13.2 Å². The summed E-state index contributed by atoms with van der Waals surface area (Å²) in [4.78, 5) is 39.4. The maximum Gasteiger partial charge on any atom is 0.334 e. The lowest BCUT2D eigenvalue weighted by molar-refractivity contribution is -0.161. The summed E-state index contributed by atoms with van der Waals surface area (Å²) in [5.74, 6) is -1.22. The predicted octanol–water partition coefficient (Wildman–Crippen LogP) is 0.726. The van der Waals surface area contributed by atoms with E-state index in [1.54, 1.807) is 4.90 Å². The highest BCUT2D eigenvalue weighted by Gasteiger charge is 2.39. The molecule has 7 heteroatoms. The Morgan fingerprint density at radius 3 is 2.52 bits per heavy atom. The molecule has 0 aliphatic carbocycles. The first kappa shape index (κ1) is 17.7. The van der Waals surface area contributed by atoms with Crippen molar-refractivity contribution in [3.63, 3.8) is 0 Å². The van der Waals surface area contributed by atoms with E-state index in [4.69, 9.17) is 9.84 Å². The monoisotopic (exact) mass is 326 g/mol. The van der Waals surface area contributed by atoms with Gasteiger partial charge in [0.25, 0.3) is 0 Å². The van der Waals surface area contributed by atoms with Crippen LogP contribution < -0.4 is 0 Å². The highest BCUT2D eigenvalue weighted by molar-refractivity contribution is 5.89. The van der Waals surface area contributed by atoms with Gasteiger partial charge in [-0.15, -0.1) is 0 Å². The third-order valence-electron chi connectivity index (χ3n) is 4.19. The van der Waals surface area contributed by atoms with Gasteiger partial charge in [0, 0.05) is 19.5 Å². The summed E-state index contributed by atoms with van der Waals surface area (Å²) >= 11 is 0. The molecule has 0 aromatic carbocycles. The van der Waals surface area contributed by atoms with Crippen LogP contribution in [0, 0.1) is 5.41 Å². The molecule has 2 aliphatic heterocycles. The number of likely N-dealkylation sites (tertiary alicyclic amines) is 1.